The zero-order valence-corrected chi connectivity index (χ0v) is 13.0. The van der Waals surface area contributed by atoms with Crippen LogP contribution in [0, 0.1) is 0 Å². The maximum absolute atomic E-state index is 12.9. The highest BCUT2D eigenvalue weighted by Crippen LogP contribution is 2.44. The standard InChI is InChI=1S/C17H17N3OS/c21-17-12-3-1-2-4-13(12)18-15(20(17)11-7-8-11)14-9-22-16(19-14)10-5-6-10/h1-4,9-11,15,18H,5-8H2/t15-/m1/s1. The number of para-hydroxylation sites is 1. The fourth-order valence-corrected chi connectivity index (χ4v) is 4.17. The average Bonchev–Trinajstić information content (AvgIpc) is 3.47. The minimum atomic E-state index is -0.112. The Morgan fingerprint density at radius 2 is 2.00 bits per heavy atom. The molecular formula is C17H17N3OS. The molecule has 2 heterocycles. The van der Waals surface area contributed by atoms with Gasteiger partial charge in [-0.25, -0.2) is 4.98 Å². The van der Waals surface area contributed by atoms with Crippen molar-refractivity contribution in [1.82, 2.24) is 9.88 Å². The van der Waals surface area contributed by atoms with Gasteiger partial charge in [-0.05, 0) is 37.8 Å². The van der Waals surface area contributed by atoms with Gasteiger partial charge >= 0.3 is 0 Å². The predicted molar refractivity (Wildman–Crippen MR) is 86.1 cm³/mol. The molecule has 0 radical (unpaired) electrons. The molecule has 1 N–H and O–H groups in total. The van der Waals surface area contributed by atoms with E-state index in [0.29, 0.717) is 12.0 Å². The number of nitrogens with one attached hydrogen (secondary N) is 1. The fraction of sp³-hybridized carbons (Fsp3) is 0.412. The number of aromatic nitrogens is 1. The summed E-state index contributed by atoms with van der Waals surface area (Å²) in [5.74, 6) is 0.808. The Morgan fingerprint density at radius 3 is 2.77 bits per heavy atom. The zero-order valence-electron chi connectivity index (χ0n) is 12.2. The van der Waals surface area contributed by atoms with Crippen molar-refractivity contribution in [3.63, 3.8) is 0 Å². The molecule has 1 aromatic heterocycles. The lowest BCUT2D eigenvalue weighted by Gasteiger charge is -2.37. The highest BCUT2D eigenvalue weighted by molar-refractivity contribution is 7.09. The maximum atomic E-state index is 12.9. The van der Waals surface area contributed by atoms with Gasteiger partial charge in [0.15, 0.2) is 0 Å². The molecule has 1 aliphatic heterocycles. The fourth-order valence-electron chi connectivity index (χ4n) is 3.16. The molecule has 0 spiro atoms. The van der Waals surface area contributed by atoms with Crippen molar-refractivity contribution in [1.29, 1.82) is 0 Å². The summed E-state index contributed by atoms with van der Waals surface area (Å²) >= 11 is 1.74. The van der Waals surface area contributed by atoms with E-state index in [9.17, 15) is 4.79 Å². The molecule has 0 unspecified atom stereocenters. The van der Waals surface area contributed by atoms with Gasteiger partial charge in [-0.15, -0.1) is 11.3 Å². The number of hydrogen-bond donors (Lipinski definition) is 1. The molecule has 112 valence electrons. The van der Waals surface area contributed by atoms with Crippen LogP contribution in [0.25, 0.3) is 0 Å². The van der Waals surface area contributed by atoms with Crippen LogP contribution in [0.4, 0.5) is 5.69 Å². The van der Waals surface area contributed by atoms with Crippen LogP contribution in [0.2, 0.25) is 0 Å². The van der Waals surface area contributed by atoms with Gasteiger partial charge in [-0.2, -0.15) is 0 Å². The Kier molecular flexibility index (Phi) is 2.62. The molecule has 5 heteroatoms. The van der Waals surface area contributed by atoms with Gasteiger partial charge in [0, 0.05) is 23.0 Å². The van der Waals surface area contributed by atoms with Crippen molar-refractivity contribution in [3.8, 4) is 0 Å². The molecule has 3 aliphatic rings. The molecule has 0 saturated heterocycles. The van der Waals surface area contributed by atoms with Crippen LogP contribution in [0.3, 0.4) is 0 Å². The van der Waals surface area contributed by atoms with Gasteiger partial charge in [0.05, 0.1) is 16.3 Å². The minimum absolute atomic E-state index is 0.112. The van der Waals surface area contributed by atoms with E-state index in [4.69, 9.17) is 4.98 Å². The second-order valence-corrected chi connectivity index (χ2v) is 7.31. The molecule has 1 atom stereocenters. The molecule has 2 fully saturated rings. The number of fused-ring (bicyclic) bond motifs is 1. The van der Waals surface area contributed by atoms with Crippen LogP contribution < -0.4 is 5.32 Å². The van der Waals surface area contributed by atoms with Crippen LogP contribution in [0.5, 0.6) is 0 Å². The summed E-state index contributed by atoms with van der Waals surface area (Å²) in [6, 6.07) is 8.16. The summed E-state index contributed by atoms with van der Waals surface area (Å²) in [6.07, 6.45) is 4.62. The summed E-state index contributed by atoms with van der Waals surface area (Å²) < 4.78 is 0. The van der Waals surface area contributed by atoms with Gasteiger partial charge in [-0.3, -0.25) is 4.79 Å². The summed E-state index contributed by atoms with van der Waals surface area (Å²) in [5, 5.41) is 6.90. The molecule has 22 heavy (non-hydrogen) atoms. The smallest absolute Gasteiger partial charge is 0.258 e. The second kappa shape index (κ2) is 4.56. The van der Waals surface area contributed by atoms with Crippen molar-refractivity contribution in [2.45, 2.75) is 43.8 Å². The van der Waals surface area contributed by atoms with Crippen molar-refractivity contribution in [3.05, 3.63) is 45.9 Å². The van der Waals surface area contributed by atoms with Crippen molar-refractivity contribution >= 4 is 22.9 Å². The number of anilines is 1. The number of hydrogen-bond acceptors (Lipinski definition) is 4. The first-order chi connectivity index (χ1) is 10.8. The van der Waals surface area contributed by atoms with Gasteiger partial charge in [0.2, 0.25) is 0 Å². The van der Waals surface area contributed by atoms with E-state index in [1.807, 2.05) is 29.2 Å². The molecule has 1 amide bonds. The van der Waals surface area contributed by atoms with E-state index in [-0.39, 0.29) is 12.1 Å². The third-order valence-electron chi connectivity index (χ3n) is 4.65. The van der Waals surface area contributed by atoms with E-state index in [0.717, 1.165) is 29.8 Å². The Morgan fingerprint density at radius 1 is 1.18 bits per heavy atom. The molecule has 4 nitrogen and oxygen atoms in total. The van der Waals surface area contributed by atoms with E-state index >= 15 is 0 Å². The van der Waals surface area contributed by atoms with Gasteiger partial charge in [0.25, 0.3) is 5.91 Å². The highest BCUT2D eigenvalue weighted by Gasteiger charge is 2.43. The number of benzene rings is 1. The zero-order chi connectivity index (χ0) is 14.7. The number of thiazole rings is 1. The molecule has 5 rings (SSSR count). The highest BCUT2D eigenvalue weighted by atomic mass is 32.1. The van der Waals surface area contributed by atoms with Crippen LogP contribution in [-0.4, -0.2) is 21.8 Å². The summed E-state index contributed by atoms with van der Waals surface area (Å²) in [5.41, 5.74) is 2.71. The summed E-state index contributed by atoms with van der Waals surface area (Å²) in [4.78, 5) is 19.7. The number of rotatable bonds is 3. The van der Waals surface area contributed by atoms with Gasteiger partial charge < -0.3 is 10.2 Å². The first-order valence-corrected chi connectivity index (χ1v) is 8.83. The van der Waals surface area contributed by atoms with Crippen LogP contribution in [-0.2, 0) is 0 Å². The van der Waals surface area contributed by atoms with Crippen LogP contribution in [0.15, 0.2) is 29.6 Å². The average molecular weight is 311 g/mol. The van der Waals surface area contributed by atoms with E-state index in [2.05, 4.69) is 10.7 Å². The quantitative estimate of drug-likeness (QED) is 0.939. The molecule has 2 aromatic rings. The van der Waals surface area contributed by atoms with Crippen molar-refractivity contribution in [2.75, 3.05) is 5.32 Å². The summed E-state index contributed by atoms with van der Waals surface area (Å²) in [7, 11) is 0. The first kappa shape index (κ1) is 12.6. The number of nitrogens with zero attached hydrogens (tertiary/aromatic N) is 2. The van der Waals surface area contributed by atoms with Crippen molar-refractivity contribution < 1.29 is 4.79 Å². The second-order valence-electron chi connectivity index (χ2n) is 6.42. The van der Waals surface area contributed by atoms with E-state index in [1.54, 1.807) is 11.3 Å². The first-order valence-electron chi connectivity index (χ1n) is 7.95. The van der Waals surface area contributed by atoms with Gasteiger partial charge in [0.1, 0.15) is 6.17 Å². The lowest BCUT2D eigenvalue weighted by molar-refractivity contribution is 0.0663. The SMILES string of the molecule is O=C1c2ccccc2N[C@@H](c2csc(C3CC3)n2)N1C1CC1. The van der Waals surface area contributed by atoms with E-state index in [1.165, 1.54) is 17.8 Å². The largest absolute Gasteiger partial charge is 0.359 e. The lowest BCUT2D eigenvalue weighted by Crippen LogP contribution is -2.44. The van der Waals surface area contributed by atoms with E-state index < -0.39 is 0 Å². The van der Waals surface area contributed by atoms with Crippen molar-refractivity contribution in [2.24, 2.45) is 0 Å². The third-order valence-corrected chi connectivity index (χ3v) is 5.67. The van der Waals surface area contributed by atoms with Crippen LogP contribution in [0.1, 0.15) is 58.8 Å². The monoisotopic (exact) mass is 311 g/mol. The molecule has 2 saturated carbocycles. The normalized spacial score (nSPS) is 24.1. The Balaban J connectivity index is 1.55. The Labute approximate surface area is 133 Å². The predicted octanol–water partition coefficient (Wildman–Crippen LogP) is 3.75. The Bertz CT molecular complexity index is 748. The molecular weight excluding hydrogens is 294 g/mol. The molecule has 2 aliphatic carbocycles. The van der Waals surface area contributed by atoms with Gasteiger partial charge in [-0.1, -0.05) is 12.1 Å². The number of carbonyl (C=O) groups excluding carboxylic acids is 1. The summed E-state index contributed by atoms with van der Waals surface area (Å²) in [6.45, 7) is 0. The third kappa shape index (κ3) is 1.96. The number of amides is 1. The Hall–Kier alpha value is -1.88. The molecule has 0 bridgehead atoms. The number of carbonyl (C=O) groups is 1. The maximum Gasteiger partial charge on any atom is 0.258 e. The molecule has 1 aromatic carbocycles. The topological polar surface area (TPSA) is 45.2 Å². The van der Waals surface area contributed by atoms with Crippen LogP contribution >= 0.6 is 11.3 Å². The lowest BCUT2D eigenvalue weighted by atomic mass is 10.1. The minimum Gasteiger partial charge on any atom is -0.359 e.